The van der Waals surface area contributed by atoms with Gasteiger partial charge < -0.3 is 19.7 Å². The lowest BCUT2D eigenvalue weighted by Crippen LogP contribution is -2.43. The molecule has 1 amide bonds. The van der Waals surface area contributed by atoms with E-state index in [9.17, 15) is 9.59 Å². The maximum absolute atomic E-state index is 13.3. The number of hydrogen-bond donors (Lipinski definition) is 1. The second kappa shape index (κ2) is 7.59. The fourth-order valence-corrected chi connectivity index (χ4v) is 4.80. The van der Waals surface area contributed by atoms with Crippen LogP contribution in [-0.4, -0.2) is 30.9 Å². The highest BCUT2D eigenvalue weighted by molar-refractivity contribution is 7.07. The summed E-state index contributed by atoms with van der Waals surface area (Å²) >= 11 is 1.24. The quantitative estimate of drug-likeness (QED) is 0.671. The minimum atomic E-state index is -0.289. The van der Waals surface area contributed by atoms with Crippen molar-refractivity contribution in [1.29, 1.82) is 0 Å². The van der Waals surface area contributed by atoms with Gasteiger partial charge in [-0.25, -0.2) is 4.99 Å². The number of fused-ring (bicyclic) bond motifs is 2. The van der Waals surface area contributed by atoms with E-state index in [0.29, 0.717) is 51.9 Å². The minimum Gasteiger partial charge on any atom is -0.497 e. The summed E-state index contributed by atoms with van der Waals surface area (Å²) in [6, 6.07) is 13.0. The molecule has 3 aromatic rings. The minimum absolute atomic E-state index is 0.222. The number of aromatic nitrogens is 1. The number of nitrogens with zero attached hydrogens (tertiary/aromatic N) is 3. The van der Waals surface area contributed by atoms with Crippen molar-refractivity contribution in [3.05, 3.63) is 67.7 Å². The SMILES string of the molecule is CCOc1ccc(N2CN=c3s/c(=C4\C(=O)Nc5ccc(OC)cc54)c(=O)n3C2)cc1. The summed E-state index contributed by atoms with van der Waals surface area (Å²) in [7, 11) is 1.57. The van der Waals surface area contributed by atoms with Crippen LogP contribution in [0.1, 0.15) is 12.5 Å². The molecule has 158 valence electrons. The van der Waals surface area contributed by atoms with Crippen molar-refractivity contribution in [3.63, 3.8) is 0 Å². The van der Waals surface area contributed by atoms with Crippen molar-refractivity contribution in [3.8, 4) is 11.5 Å². The van der Waals surface area contributed by atoms with Gasteiger partial charge in [0.1, 0.15) is 29.4 Å². The third kappa shape index (κ3) is 3.27. The first-order valence-corrected chi connectivity index (χ1v) is 10.7. The summed E-state index contributed by atoms with van der Waals surface area (Å²) in [5.41, 5.74) is 2.43. The zero-order valence-electron chi connectivity index (χ0n) is 17.0. The van der Waals surface area contributed by atoms with Gasteiger partial charge in [-0.05, 0) is 49.4 Å². The van der Waals surface area contributed by atoms with Crippen LogP contribution in [0.3, 0.4) is 0 Å². The maximum Gasteiger partial charge on any atom is 0.272 e. The van der Waals surface area contributed by atoms with E-state index in [0.717, 1.165) is 11.4 Å². The molecule has 0 unspecified atom stereocenters. The van der Waals surface area contributed by atoms with Crippen molar-refractivity contribution < 1.29 is 14.3 Å². The summed E-state index contributed by atoms with van der Waals surface area (Å²) in [4.78, 5) is 33.1. The molecule has 9 heteroatoms. The molecular weight excluding hydrogens is 416 g/mol. The van der Waals surface area contributed by atoms with Gasteiger partial charge in [-0.1, -0.05) is 11.3 Å². The Labute approximate surface area is 181 Å². The summed E-state index contributed by atoms with van der Waals surface area (Å²) in [6.45, 7) is 3.34. The van der Waals surface area contributed by atoms with Crippen molar-refractivity contribution in [2.24, 2.45) is 4.99 Å². The molecule has 2 aliphatic rings. The molecule has 0 spiro atoms. The Morgan fingerprint density at radius 3 is 2.65 bits per heavy atom. The van der Waals surface area contributed by atoms with Crippen molar-refractivity contribution in [1.82, 2.24) is 4.57 Å². The number of ether oxygens (including phenoxy) is 2. The van der Waals surface area contributed by atoms with Crippen LogP contribution in [0.4, 0.5) is 11.4 Å². The normalized spacial score (nSPS) is 16.3. The first kappa shape index (κ1) is 19.4. The number of benzene rings is 2. The molecule has 0 saturated carbocycles. The molecule has 1 N–H and O–H groups in total. The molecular formula is C22H20N4O4S. The summed E-state index contributed by atoms with van der Waals surface area (Å²) < 4.78 is 12.8. The fraction of sp³-hybridized carbons (Fsp3) is 0.227. The van der Waals surface area contributed by atoms with Crippen LogP contribution in [0.2, 0.25) is 0 Å². The second-order valence-electron chi connectivity index (χ2n) is 7.10. The third-order valence-electron chi connectivity index (χ3n) is 5.26. The van der Waals surface area contributed by atoms with E-state index >= 15 is 0 Å². The van der Waals surface area contributed by atoms with Crippen LogP contribution in [0.25, 0.3) is 5.57 Å². The zero-order chi connectivity index (χ0) is 21.5. The van der Waals surface area contributed by atoms with Crippen LogP contribution in [-0.2, 0) is 11.5 Å². The molecule has 8 nitrogen and oxygen atoms in total. The van der Waals surface area contributed by atoms with Crippen molar-refractivity contribution >= 4 is 34.2 Å². The number of nitrogens with one attached hydrogen (secondary N) is 1. The van der Waals surface area contributed by atoms with Crippen molar-refractivity contribution in [2.45, 2.75) is 13.6 Å². The monoisotopic (exact) mass is 436 g/mol. The fourth-order valence-electron chi connectivity index (χ4n) is 3.74. The van der Waals surface area contributed by atoms with E-state index in [2.05, 4.69) is 10.3 Å². The lowest BCUT2D eigenvalue weighted by atomic mass is 10.1. The zero-order valence-corrected chi connectivity index (χ0v) is 17.9. The van der Waals surface area contributed by atoms with Gasteiger partial charge in [-0.15, -0.1) is 0 Å². The summed E-state index contributed by atoms with van der Waals surface area (Å²) in [6.07, 6.45) is 0. The van der Waals surface area contributed by atoms with Gasteiger partial charge in [0.25, 0.3) is 11.5 Å². The molecule has 5 rings (SSSR count). The first-order valence-electron chi connectivity index (χ1n) is 9.85. The Morgan fingerprint density at radius 2 is 1.90 bits per heavy atom. The third-order valence-corrected chi connectivity index (χ3v) is 6.38. The van der Waals surface area contributed by atoms with E-state index in [-0.39, 0.29) is 11.5 Å². The molecule has 0 radical (unpaired) electrons. The van der Waals surface area contributed by atoms with Crippen LogP contribution >= 0.6 is 11.3 Å². The first-order chi connectivity index (χ1) is 15.1. The van der Waals surface area contributed by atoms with E-state index in [1.807, 2.05) is 36.1 Å². The molecule has 0 aliphatic carbocycles. The van der Waals surface area contributed by atoms with Gasteiger partial charge in [-0.2, -0.15) is 0 Å². The molecule has 0 fully saturated rings. The van der Waals surface area contributed by atoms with E-state index < -0.39 is 0 Å². The van der Waals surface area contributed by atoms with Crippen LogP contribution in [0, 0.1) is 0 Å². The number of amides is 1. The number of methoxy groups -OCH3 is 1. The van der Waals surface area contributed by atoms with Crippen LogP contribution in [0.15, 0.2) is 52.3 Å². The smallest absolute Gasteiger partial charge is 0.272 e. The van der Waals surface area contributed by atoms with Crippen LogP contribution < -0.4 is 34.6 Å². The average Bonchev–Trinajstić information content (AvgIpc) is 3.29. The number of carbonyl (C=O) groups excluding carboxylic acids is 1. The number of rotatable bonds is 4. The highest BCUT2D eigenvalue weighted by Crippen LogP contribution is 2.33. The lowest BCUT2D eigenvalue weighted by Gasteiger charge is -2.25. The predicted octanol–water partition coefficient (Wildman–Crippen LogP) is 1.52. The number of carbonyl (C=O) groups is 1. The van der Waals surface area contributed by atoms with Gasteiger partial charge in [0, 0.05) is 16.9 Å². The van der Waals surface area contributed by atoms with E-state index in [1.165, 1.54) is 11.3 Å². The molecule has 3 heterocycles. The Kier molecular flexibility index (Phi) is 4.74. The van der Waals surface area contributed by atoms with Gasteiger partial charge in [-0.3, -0.25) is 14.2 Å². The van der Waals surface area contributed by atoms with Gasteiger partial charge in [0.05, 0.1) is 19.3 Å². The Morgan fingerprint density at radius 1 is 1.13 bits per heavy atom. The predicted molar refractivity (Wildman–Crippen MR) is 118 cm³/mol. The van der Waals surface area contributed by atoms with Gasteiger partial charge in [0.15, 0.2) is 4.80 Å². The Hall–Kier alpha value is -3.59. The van der Waals surface area contributed by atoms with Crippen molar-refractivity contribution in [2.75, 3.05) is 30.6 Å². The summed E-state index contributed by atoms with van der Waals surface area (Å²) in [5.74, 6) is 1.14. The molecule has 31 heavy (non-hydrogen) atoms. The van der Waals surface area contributed by atoms with E-state index in [4.69, 9.17) is 9.47 Å². The Bertz CT molecular complexity index is 1360. The van der Waals surface area contributed by atoms with Crippen LogP contribution in [0.5, 0.6) is 11.5 Å². The summed E-state index contributed by atoms with van der Waals surface area (Å²) in [5, 5.41) is 2.83. The van der Waals surface area contributed by atoms with E-state index in [1.54, 1.807) is 29.9 Å². The topological polar surface area (TPSA) is 85.2 Å². The molecule has 1 aromatic heterocycles. The highest BCUT2D eigenvalue weighted by Gasteiger charge is 2.28. The molecule has 0 atom stereocenters. The second-order valence-corrected chi connectivity index (χ2v) is 8.07. The standard InChI is InChI=1S/C22H20N4O4S/c1-3-30-14-6-4-13(5-7-14)25-11-23-22-26(12-25)21(28)19(31-22)18-16-10-15(29-2)8-9-17(16)24-20(18)27/h4-10H,3,11-12H2,1-2H3,(H,24,27)/b19-18-. The Balaban J connectivity index is 1.56. The molecule has 0 bridgehead atoms. The molecule has 0 saturated heterocycles. The lowest BCUT2D eigenvalue weighted by molar-refractivity contribution is -0.110. The highest BCUT2D eigenvalue weighted by atomic mass is 32.1. The van der Waals surface area contributed by atoms with Gasteiger partial charge in [0.2, 0.25) is 0 Å². The molecule has 2 aromatic carbocycles. The number of hydrogen-bond acceptors (Lipinski definition) is 7. The maximum atomic E-state index is 13.3. The number of thiazole rings is 1. The molecule has 2 aliphatic heterocycles. The number of anilines is 2. The average molecular weight is 436 g/mol. The largest absolute Gasteiger partial charge is 0.497 e. The van der Waals surface area contributed by atoms with Gasteiger partial charge >= 0.3 is 0 Å².